The van der Waals surface area contributed by atoms with Crippen LogP contribution in [0.15, 0.2) is 61.1 Å². The number of rotatable bonds is 3. The van der Waals surface area contributed by atoms with Crippen LogP contribution in [0.1, 0.15) is 23.2 Å². The molecule has 3 heterocycles. The van der Waals surface area contributed by atoms with E-state index < -0.39 is 0 Å². The van der Waals surface area contributed by atoms with E-state index in [9.17, 15) is 9.59 Å². The van der Waals surface area contributed by atoms with Gasteiger partial charge in [0.25, 0.3) is 5.91 Å². The highest BCUT2D eigenvalue weighted by molar-refractivity contribution is 5.99. The van der Waals surface area contributed by atoms with Gasteiger partial charge in [-0.15, -0.1) is 0 Å². The number of benzene rings is 1. The highest BCUT2D eigenvalue weighted by atomic mass is 16.2. The minimum atomic E-state index is -0.253. The quantitative estimate of drug-likeness (QED) is 0.737. The van der Waals surface area contributed by atoms with Crippen molar-refractivity contribution in [3.63, 3.8) is 0 Å². The first-order valence-corrected chi connectivity index (χ1v) is 9.31. The monoisotopic (exact) mass is 375 g/mol. The summed E-state index contributed by atoms with van der Waals surface area (Å²) in [7, 11) is 0. The van der Waals surface area contributed by atoms with Gasteiger partial charge in [-0.3, -0.25) is 14.8 Å². The summed E-state index contributed by atoms with van der Waals surface area (Å²) in [4.78, 5) is 35.0. The number of amides is 3. The zero-order valence-electron chi connectivity index (χ0n) is 15.3. The van der Waals surface area contributed by atoms with E-state index in [0.29, 0.717) is 24.3 Å². The zero-order valence-corrected chi connectivity index (χ0v) is 15.3. The average Bonchev–Trinajstić information content (AvgIpc) is 2.75. The summed E-state index contributed by atoms with van der Waals surface area (Å²) in [5.74, 6) is 0.00660. The number of pyridine rings is 2. The maximum absolute atomic E-state index is 12.5. The number of nitrogens with one attached hydrogen (secondary N) is 2. The van der Waals surface area contributed by atoms with Crippen molar-refractivity contribution in [3.8, 4) is 0 Å². The number of nitrogens with zero attached hydrogens (tertiary/aromatic N) is 3. The Morgan fingerprint density at radius 1 is 0.964 bits per heavy atom. The molecule has 2 aromatic heterocycles. The van der Waals surface area contributed by atoms with E-state index in [1.807, 2.05) is 35.2 Å². The molecular formula is C21H21N5O2. The number of aromatic nitrogens is 2. The van der Waals surface area contributed by atoms with E-state index in [0.717, 1.165) is 23.7 Å². The number of fused-ring (bicyclic) bond motifs is 1. The summed E-state index contributed by atoms with van der Waals surface area (Å²) in [6.07, 6.45) is 6.39. The lowest BCUT2D eigenvalue weighted by molar-refractivity contribution is 0.0708. The largest absolute Gasteiger partial charge is 0.338 e. The van der Waals surface area contributed by atoms with Crippen molar-refractivity contribution in [3.05, 3.63) is 66.6 Å². The lowest BCUT2D eigenvalue weighted by Gasteiger charge is -2.32. The third-order valence-corrected chi connectivity index (χ3v) is 4.93. The van der Waals surface area contributed by atoms with Crippen LogP contribution < -0.4 is 10.6 Å². The van der Waals surface area contributed by atoms with Crippen molar-refractivity contribution in [2.24, 2.45) is 0 Å². The van der Waals surface area contributed by atoms with E-state index >= 15 is 0 Å². The van der Waals surface area contributed by atoms with Gasteiger partial charge in [0.1, 0.15) is 0 Å². The third-order valence-electron chi connectivity index (χ3n) is 4.93. The number of hydrogen-bond donors (Lipinski definition) is 2. The highest BCUT2D eigenvalue weighted by Gasteiger charge is 2.24. The van der Waals surface area contributed by atoms with Gasteiger partial charge in [0.15, 0.2) is 0 Å². The second kappa shape index (κ2) is 8.04. The summed E-state index contributed by atoms with van der Waals surface area (Å²) in [6.45, 7) is 1.23. The Morgan fingerprint density at radius 2 is 1.71 bits per heavy atom. The lowest BCUT2D eigenvalue weighted by atomic mass is 10.0. The third kappa shape index (κ3) is 3.93. The molecule has 3 aromatic rings. The van der Waals surface area contributed by atoms with Crippen molar-refractivity contribution in [2.45, 2.75) is 18.9 Å². The van der Waals surface area contributed by atoms with Crippen LogP contribution in [0.3, 0.4) is 0 Å². The molecule has 4 rings (SSSR count). The van der Waals surface area contributed by atoms with Crippen LogP contribution in [0.25, 0.3) is 10.9 Å². The summed E-state index contributed by atoms with van der Waals surface area (Å²) in [6, 6.07) is 12.7. The maximum atomic E-state index is 12.5. The molecule has 0 radical (unpaired) electrons. The number of anilines is 1. The molecule has 7 nitrogen and oxygen atoms in total. The summed E-state index contributed by atoms with van der Waals surface area (Å²) < 4.78 is 0. The minimum absolute atomic E-state index is 0.00660. The van der Waals surface area contributed by atoms with E-state index in [-0.39, 0.29) is 18.0 Å². The Kier molecular flexibility index (Phi) is 5.14. The zero-order chi connectivity index (χ0) is 19.3. The van der Waals surface area contributed by atoms with Gasteiger partial charge < -0.3 is 15.5 Å². The van der Waals surface area contributed by atoms with Crippen molar-refractivity contribution in [2.75, 3.05) is 18.4 Å². The van der Waals surface area contributed by atoms with Crippen LogP contribution in [-0.4, -0.2) is 45.9 Å². The van der Waals surface area contributed by atoms with Crippen molar-refractivity contribution < 1.29 is 9.59 Å². The van der Waals surface area contributed by atoms with Crippen molar-refractivity contribution >= 4 is 28.5 Å². The topological polar surface area (TPSA) is 87.2 Å². The fourth-order valence-corrected chi connectivity index (χ4v) is 3.45. The number of hydrogen-bond acceptors (Lipinski definition) is 4. The van der Waals surface area contributed by atoms with Crippen LogP contribution in [0, 0.1) is 0 Å². The van der Waals surface area contributed by atoms with E-state index in [4.69, 9.17) is 0 Å². The number of carbonyl (C=O) groups is 2. The number of para-hydroxylation sites is 1. The van der Waals surface area contributed by atoms with Crippen molar-refractivity contribution in [1.29, 1.82) is 0 Å². The lowest BCUT2D eigenvalue weighted by Crippen LogP contribution is -2.47. The molecule has 1 aliphatic heterocycles. The van der Waals surface area contributed by atoms with Gasteiger partial charge in [0.05, 0.1) is 11.2 Å². The predicted molar refractivity (Wildman–Crippen MR) is 107 cm³/mol. The second-order valence-electron chi connectivity index (χ2n) is 6.78. The van der Waals surface area contributed by atoms with Gasteiger partial charge >= 0.3 is 6.03 Å². The number of urea groups is 1. The van der Waals surface area contributed by atoms with Crippen molar-refractivity contribution in [1.82, 2.24) is 20.2 Å². The second-order valence-corrected chi connectivity index (χ2v) is 6.78. The molecule has 0 aliphatic carbocycles. The van der Waals surface area contributed by atoms with Gasteiger partial charge in [0.2, 0.25) is 0 Å². The van der Waals surface area contributed by atoms with E-state index in [1.165, 1.54) is 0 Å². The van der Waals surface area contributed by atoms with Crippen LogP contribution in [0.5, 0.6) is 0 Å². The Hall–Kier alpha value is -3.48. The van der Waals surface area contributed by atoms with Gasteiger partial charge in [-0.1, -0.05) is 18.2 Å². The van der Waals surface area contributed by atoms with Gasteiger partial charge in [-0.05, 0) is 37.1 Å². The number of carbonyl (C=O) groups excluding carboxylic acids is 2. The van der Waals surface area contributed by atoms with E-state index in [2.05, 4.69) is 20.6 Å². The maximum Gasteiger partial charge on any atom is 0.319 e. The Morgan fingerprint density at radius 3 is 2.50 bits per heavy atom. The Balaban J connectivity index is 1.32. The molecule has 28 heavy (non-hydrogen) atoms. The summed E-state index contributed by atoms with van der Waals surface area (Å²) in [5, 5.41) is 6.87. The summed E-state index contributed by atoms with van der Waals surface area (Å²) >= 11 is 0. The van der Waals surface area contributed by atoms with Crippen LogP contribution >= 0.6 is 0 Å². The first kappa shape index (κ1) is 17.9. The molecule has 1 fully saturated rings. The first-order valence-electron chi connectivity index (χ1n) is 9.31. The van der Waals surface area contributed by atoms with Gasteiger partial charge in [-0.25, -0.2) is 4.79 Å². The van der Waals surface area contributed by atoms with Crippen LogP contribution in [-0.2, 0) is 0 Å². The molecular weight excluding hydrogens is 354 g/mol. The average molecular weight is 375 g/mol. The molecule has 142 valence electrons. The molecule has 0 unspecified atom stereocenters. The van der Waals surface area contributed by atoms with Gasteiger partial charge in [-0.2, -0.15) is 0 Å². The predicted octanol–water partition coefficient (Wildman–Crippen LogP) is 3.06. The minimum Gasteiger partial charge on any atom is -0.338 e. The highest BCUT2D eigenvalue weighted by Crippen LogP contribution is 2.21. The molecule has 3 amide bonds. The molecule has 0 atom stereocenters. The fourth-order valence-electron chi connectivity index (χ4n) is 3.45. The normalized spacial score (nSPS) is 14.6. The molecule has 0 spiro atoms. The molecule has 1 aliphatic rings. The number of likely N-dealkylation sites (tertiary alicyclic amines) is 1. The summed E-state index contributed by atoms with van der Waals surface area (Å²) in [5.41, 5.74) is 2.08. The molecule has 0 saturated carbocycles. The fraction of sp³-hybridized carbons (Fsp3) is 0.238. The number of piperidine rings is 1. The Bertz CT molecular complexity index is 979. The van der Waals surface area contributed by atoms with Crippen LogP contribution in [0.4, 0.5) is 10.5 Å². The molecule has 0 bridgehead atoms. The smallest absolute Gasteiger partial charge is 0.319 e. The first-order chi connectivity index (χ1) is 13.7. The van der Waals surface area contributed by atoms with E-state index in [1.54, 1.807) is 30.7 Å². The molecule has 2 N–H and O–H groups in total. The van der Waals surface area contributed by atoms with Crippen LogP contribution in [0.2, 0.25) is 0 Å². The molecule has 1 aromatic carbocycles. The standard InChI is InChI=1S/C21H21N5O2/c27-20(16-6-11-22-12-7-16)26-13-8-17(9-14-26)24-21(28)25-18-5-1-3-15-4-2-10-23-19(15)18/h1-7,10-12,17H,8-9,13-14H2,(H2,24,25,28). The molecule has 1 saturated heterocycles. The van der Waals surface area contributed by atoms with Gasteiger partial charge in [0, 0.05) is 48.7 Å². The Labute approximate surface area is 162 Å². The SMILES string of the molecule is O=C(Nc1cccc2cccnc12)NC1CCN(C(=O)c2ccncc2)CC1. The molecule has 7 heteroatoms.